The molecule has 0 saturated carbocycles. The van der Waals surface area contributed by atoms with Crippen LogP contribution in [0.1, 0.15) is 0 Å². The Bertz CT molecular complexity index is 249. The zero-order valence-electron chi connectivity index (χ0n) is 6.07. The van der Waals surface area contributed by atoms with E-state index in [1.54, 1.807) is 0 Å². The summed E-state index contributed by atoms with van der Waals surface area (Å²) < 4.78 is 22.9. The molecule has 0 unspecified atom stereocenters. The fourth-order valence-corrected chi connectivity index (χ4v) is 1.12. The second kappa shape index (κ2) is 4.86. The van der Waals surface area contributed by atoms with Gasteiger partial charge in [-0.3, -0.25) is 8.42 Å². The van der Waals surface area contributed by atoms with Crippen LogP contribution < -0.4 is 59.1 Å². The predicted molar refractivity (Wildman–Crippen MR) is 26.6 cm³/mol. The average molecular weight is 193 g/mol. The van der Waals surface area contributed by atoms with E-state index in [1.165, 1.54) is 0 Å². The molecule has 1 saturated heterocycles. The molecule has 50 valence electrons. The number of carbonyl (C=O) groups excluding carboxylic acids is 2. The summed E-state index contributed by atoms with van der Waals surface area (Å²) in [7, 11) is -3.84. The first-order valence-electron chi connectivity index (χ1n) is 1.92. The van der Waals surface area contributed by atoms with Gasteiger partial charge < -0.3 is 14.3 Å². The zero-order valence-corrected chi connectivity index (χ0v) is 10.9. The summed E-state index contributed by atoms with van der Waals surface area (Å²) in [6.07, 6.45) is 0. The summed E-state index contributed by atoms with van der Waals surface area (Å²) in [6.45, 7) is 0. The Morgan fingerprint density at radius 3 is 1.73 bits per heavy atom. The number of Topliss-reactive ketones (excluding diaryl/α,β-unsaturated/α-hetero) is 1. The molecule has 1 fully saturated rings. The molecule has 11 heavy (non-hydrogen) atoms. The molecule has 0 spiro atoms. The number of hydrogen-bond donors (Lipinski definition) is 0. The average Bonchev–Trinajstić information content (AvgIpc) is 1.79. The van der Waals surface area contributed by atoms with Crippen molar-refractivity contribution in [3.8, 4) is 0 Å². The normalized spacial score (nSPS) is 18.9. The first-order chi connectivity index (χ1) is 4.01. The van der Waals surface area contributed by atoms with Crippen molar-refractivity contribution < 1.29 is 77.1 Å². The maximum Gasteiger partial charge on any atom is 1.00 e. The zero-order chi connectivity index (χ0) is 7.07. The van der Waals surface area contributed by atoms with Gasteiger partial charge in [0.05, 0.1) is 5.78 Å². The van der Waals surface area contributed by atoms with E-state index in [2.05, 4.69) is 4.72 Å². The Kier molecular flexibility index (Phi) is 6.40. The van der Waals surface area contributed by atoms with Crippen LogP contribution in [-0.4, -0.2) is 20.1 Å². The van der Waals surface area contributed by atoms with E-state index in [1.807, 2.05) is 0 Å². The molecular weight excluding hydrogens is 192 g/mol. The molecule has 8 heteroatoms. The SMILES string of the molecule is O=C1[CH-]S(=O)(=O)[N-]C1=O.[Na+].[Na+]. The van der Waals surface area contributed by atoms with Gasteiger partial charge in [-0.05, 0) is 5.91 Å². The van der Waals surface area contributed by atoms with E-state index in [-0.39, 0.29) is 59.1 Å². The van der Waals surface area contributed by atoms with E-state index in [0.717, 1.165) is 0 Å². The molecule has 0 aromatic rings. The van der Waals surface area contributed by atoms with Crippen LogP contribution in [0.25, 0.3) is 4.72 Å². The van der Waals surface area contributed by atoms with Crippen molar-refractivity contribution in [1.29, 1.82) is 0 Å². The number of sulfonamides is 1. The fraction of sp³-hybridized carbons (Fsp3) is 0. The van der Waals surface area contributed by atoms with Gasteiger partial charge in [-0.25, -0.2) is 0 Å². The molecule has 1 aliphatic heterocycles. The van der Waals surface area contributed by atoms with E-state index in [9.17, 15) is 18.0 Å². The Balaban J connectivity index is 0. The number of nitrogens with zero attached hydrogens (tertiary/aromatic N) is 1. The fourth-order valence-electron chi connectivity index (χ4n) is 0.373. The van der Waals surface area contributed by atoms with Crippen LogP contribution >= 0.6 is 0 Å². The van der Waals surface area contributed by atoms with Crippen molar-refractivity contribution in [1.82, 2.24) is 0 Å². The van der Waals surface area contributed by atoms with Gasteiger partial charge in [-0.2, -0.15) is 0 Å². The third-order valence-corrected chi connectivity index (χ3v) is 1.61. The molecule has 0 radical (unpaired) electrons. The Morgan fingerprint density at radius 2 is 1.64 bits per heavy atom. The Hall–Kier alpha value is 0.960. The van der Waals surface area contributed by atoms with Gasteiger partial charge in [0.1, 0.15) is 0 Å². The predicted octanol–water partition coefficient (Wildman–Crippen LogP) is -7.03. The summed E-state index contributed by atoms with van der Waals surface area (Å²) in [5.74, 6) is -1.99. The molecule has 1 heterocycles. The van der Waals surface area contributed by atoms with Crippen molar-refractivity contribution in [2.75, 3.05) is 0 Å². The molecule has 1 aliphatic rings. The second-order valence-corrected chi connectivity index (χ2v) is 2.84. The van der Waals surface area contributed by atoms with Crippen LogP contribution in [0.3, 0.4) is 0 Å². The summed E-state index contributed by atoms with van der Waals surface area (Å²) in [4.78, 5) is 20.2. The summed E-state index contributed by atoms with van der Waals surface area (Å²) in [5.41, 5.74) is 0. The van der Waals surface area contributed by atoms with Crippen molar-refractivity contribution in [2.24, 2.45) is 0 Å². The van der Waals surface area contributed by atoms with E-state index in [4.69, 9.17) is 0 Å². The van der Waals surface area contributed by atoms with Gasteiger partial charge in [-0.1, -0.05) is 5.75 Å². The summed E-state index contributed by atoms with van der Waals surface area (Å²) in [5, 5.41) is 0. The summed E-state index contributed by atoms with van der Waals surface area (Å²) in [6, 6.07) is 0. The molecule has 0 aliphatic carbocycles. The van der Waals surface area contributed by atoms with Crippen molar-refractivity contribution in [3.63, 3.8) is 0 Å². The molecule has 0 atom stereocenters. The van der Waals surface area contributed by atoms with Crippen molar-refractivity contribution in [3.05, 3.63) is 10.5 Å². The summed E-state index contributed by atoms with van der Waals surface area (Å²) >= 11 is 0. The molecule has 5 nitrogen and oxygen atoms in total. The van der Waals surface area contributed by atoms with Gasteiger partial charge in [0, 0.05) is 10.0 Å². The largest absolute Gasteiger partial charge is 1.00 e. The molecule has 1 amide bonds. The van der Waals surface area contributed by atoms with Crippen LogP contribution in [0.4, 0.5) is 0 Å². The topological polar surface area (TPSA) is 82.4 Å². The number of ketones is 1. The van der Waals surface area contributed by atoms with Crippen LogP contribution in [-0.2, 0) is 19.6 Å². The third-order valence-electron chi connectivity index (χ3n) is 0.677. The first kappa shape index (κ1) is 14.5. The molecular formula is C3HNNa2O4S. The molecule has 0 aromatic carbocycles. The molecule has 1 rings (SSSR count). The minimum atomic E-state index is -3.84. The van der Waals surface area contributed by atoms with Gasteiger partial charge in [0.15, 0.2) is 0 Å². The van der Waals surface area contributed by atoms with Crippen LogP contribution in [0.2, 0.25) is 0 Å². The van der Waals surface area contributed by atoms with Crippen LogP contribution in [0.15, 0.2) is 0 Å². The Morgan fingerprint density at radius 1 is 1.18 bits per heavy atom. The number of carbonyl (C=O) groups is 2. The standard InChI is InChI=1S/C3H2NO4S.2Na/c5-2-1-9(7,8)4-3(2)6;;/h1H,(H,4,6);;/q-1;2*+1/p-1. The first-order valence-corrected chi connectivity index (χ1v) is 3.43. The van der Waals surface area contributed by atoms with Crippen LogP contribution in [0.5, 0.6) is 0 Å². The van der Waals surface area contributed by atoms with E-state index >= 15 is 0 Å². The molecule has 0 aromatic heterocycles. The van der Waals surface area contributed by atoms with Gasteiger partial charge in [0.2, 0.25) is 0 Å². The van der Waals surface area contributed by atoms with Crippen molar-refractivity contribution >= 4 is 21.7 Å². The number of rotatable bonds is 0. The monoisotopic (exact) mass is 193 g/mol. The van der Waals surface area contributed by atoms with Crippen LogP contribution in [0, 0.1) is 5.75 Å². The van der Waals surface area contributed by atoms with Gasteiger partial charge in [-0.15, -0.1) is 0 Å². The number of amides is 1. The maximum absolute atomic E-state index is 10.2. The quantitative estimate of drug-likeness (QED) is 0.217. The van der Waals surface area contributed by atoms with Gasteiger partial charge >= 0.3 is 59.1 Å². The Labute approximate surface area is 108 Å². The van der Waals surface area contributed by atoms with E-state index in [0.29, 0.717) is 5.75 Å². The third kappa shape index (κ3) is 3.93. The molecule has 0 N–H and O–H groups in total. The minimum Gasteiger partial charge on any atom is -0.638 e. The minimum absolute atomic E-state index is 0. The second-order valence-electron chi connectivity index (χ2n) is 1.39. The number of hydrogen-bond acceptors (Lipinski definition) is 4. The van der Waals surface area contributed by atoms with E-state index < -0.39 is 21.7 Å². The maximum atomic E-state index is 10.2. The molecule has 0 bridgehead atoms. The van der Waals surface area contributed by atoms with Crippen molar-refractivity contribution in [2.45, 2.75) is 0 Å². The smallest absolute Gasteiger partial charge is 0.638 e. The van der Waals surface area contributed by atoms with Gasteiger partial charge in [0.25, 0.3) is 0 Å².